The SMILES string of the molecule is CC(C)=CC[C@@H]1C[C@@]2(CC=C(C)C)C(=O)[C@](C(=O)c3ccccc3)(C(=O)C3=C2OC(C)(C)C=C3)C1(C)C. The van der Waals surface area contributed by atoms with Crippen LogP contribution in [0.3, 0.4) is 0 Å². The number of allylic oxidation sites excluding steroid dienone is 7. The summed E-state index contributed by atoms with van der Waals surface area (Å²) in [6, 6.07) is 8.83. The predicted octanol–water partition coefficient (Wildman–Crippen LogP) is 7.37. The smallest absolute Gasteiger partial charge is 0.188 e. The topological polar surface area (TPSA) is 60.4 Å². The van der Waals surface area contributed by atoms with Gasteiger partial charge in [-0.3, -0.25) is 14.4 Å². The van der Waals surface area contributed by atoms with Gasteiger partial charge in [-0.15, -0.1) is 0 Å². The first kappa shape index (κ1) is 27.0. The molecular formula is C33H40O4. The molecule has 1 saturated carbocycles. The second-order valence-corrected chi connectivity index (χ2v) is 12.6. The number of fused-ring (bicyclic) bond motifs is 3. The van der Waals surface area contributed by atoms with Gasteiger partial charge in [0.1, 0.15) is 11.4 Å². The van der Waals surface area contributed by atoms with Gasteiger partial charge in [0, 0.05) is 5.56 Å². The van der Waals surface area contributed by atoms with Gasteiger partial charge in [0.2, 0.25) is 0 Å². The number of Topliss-reactive ketones (excluding diaryl/α,β-unsaturated/α-hetero) is 3. The summed E-state index contributed by atoms with van der Waals surface area (Å²) in [7, 11) is 0. The van der Waals surface area contributed by atoms with E-state index >= 15 is 4.79 Å². The Morgan fingerprint density at radius 3 is 2.19 bits per heavy atom. The summed E-state index contributed by atoms with van der Waals surface area (Å²) in [5.41, 5.74) is -1.49. The molecule has 4 nitrogen and oxygen atoms in total. The molecular weight excluding hydrogens is 460 g/mol. The van der Waals surface area contributed by atoms with E-state index in [4.69, 9.17) is 4.74 Å². The molecule has 3 atom stereocenters. The molecule has 2 aliphatic carbocycles. The number of benzene rings is 1. The molecule has 1 fully saturated rings. The van der Waals surface area contributed by atoms with E-state index in [1.807, 2.05) is 53.7 Å². The zero-order valence-corrected chi connectivity index (χ0v) is 23.5. The summed E-state index contributed by atoms with van der Waals surface area (Å²) in [4.78, 5) is 44.3. The Hall–Kier alpha value is -3.01. The molecule has 1 aliphatic heterocycles. The predicted molar refractivity (Wildman–Crippen MR) is 147 cm³/mol. The molecule has 0 radical (unpaired) electrons. The van der Waals surface area contributed by atoms with Crippen LogP contribution in [-0.4, -0.2) is 23.0 Å². The summed E-state index contributed by atoms with van der Waals surface area (Å²) in [5, 5.41) is 0. The van der Waals surface area contributed by atoms with E-state index in [-0.39, 0.29) is 11.7 Å². The fourth-order valence-electron chi connectivity index (χ4n) is 6.47. The van der Waals surface area contributed by atoms with Gasteiger partial charge in [0.25, 0.3) is 0 Å². The number of ether oxygens (including phenoxy) is 1. The Kier molecular flexibility index (Phi) is 6.63. The molecule has 1 aromatic carbocycles. The van der Waals surface area contributed by atoms with Crippen molar-refractivity contribution >= 4 is 17.3 Å². The standard InChI is InChI=1S/C33H40O4/c1-21(2)14-15-24-20-32(19-16-22(3)4)28-25(17-18-30(5,6)37-28)27(35)33(29(32)36,31(24,7)8)26(34)23-12-10-9-11-13-23/h9-14,16-18,24H,15,19-20H2,1-8H3/t24-,32-,33+/m1/s1. The average Bonchev–Trinajstić information content (AvgIpc) is 2.82. The van der Waals surface area contributed by atoms with Crippen LogP contribution in [0, 0.1) is 22.2 Å². The molecule has 4 rings (SSSR count). The van der Waals surface area contributed by atoms with Crippen molar-refractivity contribution in [3.8, 4) is 0 Å². The summed E-state index contributed by atoms with van der Waals surface area (Å²) in [6.45, 7) is 15.9. The summed E-state index contributed by atoms with van der Waals surface area (Å²) < 4.78 is 6.51. The maximum Gasteiger partial charge on any atom is 0.188 e. The van der Waals surface area contributed by atoms with Crippen molar-refractivity contribution < 1.29 is 19.1 Å². The molecule has 0 aromatic heterocycles. The molecule has 0 amide bonds. The Morgan fingerprint density at radius 1 is 0.973 bits per heavy atom. The molecule has 196 valence electrons. The Morgan fingerprint density at radius 2 is 1.59 bits per heavy atom. The first-order valence-corrected chi connectivity index (χ1v) is 13.3. The lowest BCUT2D eigenvalue weighted by molar-refractivity contribution is -0.167. The number of carbonyl (C=O) groups excluding carboxylic acids is 3. The van der Waals surface area contributed by atoms with Crippen LogP contribution in [0.1, 0.15) is 85.0 Å². The van der Waals surface area contributed by atoms with Crippen LogP contribution in [0.5, 0.6) is 0 Å². The average molecular weight is 501 g/mol. The van der Waals surface area contributed by atoms with Gasteiger partial charge >= 0.3 is 0 Å². The minimum absolute atomic E-state index is 0.0889. The molecule has 0 unspecified atom stereocenters. The van der Waals surface area contributed by atoms with E-state index in [9.17, 15) is 9.59 Å². The second kappa shape index (κ2) is 9.08. The van der Waals surface area contributed by atoms with Gasteiger partial charge in [0.15, 0.2) is 22.8 Å². The quantitative estimate of drug-likeness (QED) is 0.232. The zero-order chi connectivity index (χ0) is 27.4. The number of ketones is 3. The van der Waals surface area contributed by atoms with E-state index in [0.29, 0.717) is 36.2 Å². The molecule has 3 aliphatic rings. The fraction of sp³-hybridized carbons (Fsp3) is 0.485. The van der Waals surface area contributed by atoms with Crippen LogP contribution in [-0.2, 0) is 14.3 Å². The minimum Gasteiger partial charge on any atom is -0.486 e. The number of rotatable bonds is 6. The highest BCUT2D eigenvalue weighted by molar-refractivity contribution is 6.37. The van der Waals surface area contributed by atoms with Crippen LogP contribution in [0.4, 0.5) is 0 Å². The molecule has 0 spiro atoms. The third-order valence-corrected chi connectivity index (χ3v) is 8.68. The van der Waals surface area contributed by atoms with Crippen molar-refractivity contribution in [3.63, 3.8) is 0 Å². The monoisotopic (exact) mass is 500 g/mol. The number of carbonyl (C=O) groups is 3. The van der Waals surface area contributed by atoms with Gasteiger partial charge in [-0.1, -0.05) is 67.5 Å². The molecule has 4 heteroatoms. The van der Waals surface area contributed by atoms with Crippen molar-refractivity contribution in [2.75, 3.05) is 0 Å². The van der Waals surface area contributed by atoms with Gasteiger partial charge in [-0.05, 0) is 84.3 Å². The maximum absolute atomic E-state index is 15.0. The molecule has 1 aromatic rings. The lowest BCUT2D eigenvalue weighted by atomic mass is 9.39. The lowest BCUT2D eigenvalue weighted by Gasteiger charge is -2.60. The Balaban J connectivity index is 2.09. The maximum atomic E-state index is 15.0. The van der Waals surface area contributed by atoms with Crippen LogP contribution in [0.15, 0.2) is 77.1 Å². The van der Waals surface area contributed by atoms with Crippen molar-refractivity contribution in [1.82, 2.24) is 0 Å². The minimum atomic E-state index is -1.84. The van der Waals surface area contributed by atoms with Crippen LogP contribution < -0.4 is 0 Å². The van der Waals surface area contributed by atoms with E-state index in [1.54, 1.807) is 30.3 Å². The summed E-state index contributed by atoms with van der Waals surface area (Å²) in [6.07, 6.45) is 9.47. The molecule has 0 saturated heterocycles. The van der Waals surface area contributed by atoms with Crippen molar-refractivity contribution in [3.05, 3.63) is 82.7 Å². The zero-order valence-electron chi connectivity index (χ0n) is 23.5. The van der Waals surface area contributed by atoms with Crippen molar-refractivity contribution in [2.24, 2.45) is 22.2 Å². The summed E-state index contributed by atoms with van der Waals surface area (Å²) in [5.74, 6) is -0.774. The molecule has 1 heterocycles. The number of hydrogen-bond acceptors (Lipinski definition) is 4. The van der Waals surface area contributed by atoms with E-state index in [2.05, 4.69) is 26.0 Å². The first-order chi connectivity index (χ1) is 17.2. The lowest BCUT2D eigenvalue weighted by Crippen LogP contribution is -2.70. The normalized spacial score (nSPS) is 29.2. The van der Waals surface area contributed by atoms with Gasteiger partial charge < -0.3 is 4.74 Å². The Labute approximate surface area is 221 Å². The van der Waals surface area contributed by atoms with Crippen LogP contribution in [0.2, 0.25) is 0 Å². The largest absolute Gasteiger partial charge is 0.486 e. The van der Waals surface area contributed by atoms with Gasteiger partial charge in [-0.25, -0.2) is 0 Å². The highest BCUT2D eigenvalue weighted by Gasteiger charge is 2.75. The van der Waals surface area contributed by atoms with E-state index in [1.165, 1.54) is 5.57 Å². The highest BCUT2D eigenvalue weighted by atomic mass is 16.5. The summed E-state index contributed by atoms with van der Waals surface area (Å²) >= 11 is 0. The Bertz CT molecular complexity index is 1260. The fourth-order valence-corrected chi connectivity index (χ4v) is 6.47. The number of hydrogen-bond donors (Lipinski definition) is 0. The third kappa shape index (κ3) is 4.00. The van der Waals surface area contributed by atoms with Crippen molar-refractivity contribution in [2.45, 2.75) is 80.3 Å². The second-order valence-electron chi connectivity index (χ2n) is 12.6. The van der Waals surface area contributed by atoms with E-state index < -0.39 is 33.4 Å². The molecule has 2 bridgehead atoms. The first-order valence-electron chi connectivity index (χ1n) is 13.3. The molecule has 0 N–H and O–H groups in total. The van der Waals surface area contributed by atoms with E-state index in [0.717, 1.165) is 5.57 Å². The highest BCUT2D eigenvalue weighted by Crippen LogP contribution is 2.67. The third-order valence-electron chi connectivity index (χ3n) is 8.68. The van der Waals surface area contributed by atoms with Gasteiger partial charge in [-0.2, -0.15) is 0 Å². The molecule has 37 heavy (non-hydrogen) atoms. The van der Waals surface area contributed by atoms with Gasteiger partial charge in [0.05, 0.1) is 11.0 Å². The van der Waals surface area contributed by atoms with Crippen LogP contribution >= 0.6 is 0 Å². The van der Waals surface area contributed by atoms with Crippen LogP contribution in [0.25, 0.3) is 0 Å². The van der Waals surface area contributed by atoms with Crippen molar-refractivity contribution in [1.29, 1.82) is 0 Å².